The third-order valence-electron chi connectivity index (χ3n) is 3.24. The van der Waals surface area contributed by atoms with Crippen LogP contribution < -0.4 is 10.0 Å². The monoisotopic (exact) mass is 283 g/mol. The number of rotatable bonds is 2. The molecule has 5 nitrogen and oxygen atoms in total. The standard InChI is InChI=1S/C8H19N.C7H6O4/c1-7(2)9(6)8(3,4)5;8-4-1-2-6(9)5(3-4)7(10)11/h7H,1-6H3;1-3,8-9H,(H,10,11). The summed E-state index contributed by atoms with van der Waals surface area (Å²) in [5.41, 5.74) is -0.0150. The zero-order chi connectivity index (χ0) is 16.1. The third kappa shape index (κ3) is 5.93. The van der Waals surface area contributed by atoms with Gasteiger partial charge in [0.05, 0.1) is 24.2 Å². The number of phenolic OH excluding ortho intramolecular Hbond substituents is 1. The van der Waals surface area contributed by atoms with Gasteiger partial charge in [0, 0.05) is 0 Å². The minimum atomic E-state index is -1.33. The van der Waals surface area contributed by atoms with E-state index in [9.17, 15) is 9.90 Å². The molecule has 5 heteroatoms. The van der Waals surface area contributed by atoms with Gasteiger partial charge in [0.1, 0.15) is 5.75 Å². The molecule has 0 saturated heterocycles. The van der Waals surface area contributed by atoms with Crippen molar-refractivity contribution in [1.82, 2.24) is 0 Å². The van der Waals surface area contributed by atoms with Gasteiger partial charge >= 0.3 is 5.97 Å². The van der Waals surface area contributed by atoms with Crippen molar-refractivity contribution in [2.45, 2.75) is 46.2 Å². The Bertz CT molecular complexity index is 450. The molecule has 1 aromatic carbocycles. The summed E-state index contributed by atoms with van der Waals surface area (Å²) < 4.78 is 0. The van der Waals surface area contributed by atoms with Gasteiger partial charge < -0.3 is 20.2 Å². The molecule has 0 aliphatic carbocycles. The number of quaternary nitrogens is 1. The number of phenols is 1. The lowest BCUT2D eigenvalue weighted by Gasteiger charge is -2.31. The second-order valence-electron chi connectivity index (χ2n) is 6.07. The normalized spacial score (nSPS) is 12.6. The van der Waals surface area contributed by atoms with Gasteiger partial charge in [0.2, 0.25) is 0 Å². The Morgan fingerprint density at radius 1 is 1.30 bits per heavy atom. The molecule has 0 aromatic heterocycles. The summed E-state index contributed by atoms with van der Waals surface area (Å²) in [6.07, 6.45) is 0. The molecule has 3 N–H and O–H groups in total. The molecule has 0 spiro atoms. The van der Waals surface area contributed by atoms with Crippen molar-refractivity contribution in [2.24, 2.45) is 0 Å². The van der Waals surface area contributed by atoms with Gasteiger partial charge in [0.25, 0.3) is 0 Å². The van der Waals surface area contributed by atoms with E-state index in [4.69, 9.17) is 10.2 Å². The zero-order valence-corrected chi connectivity index (χ0v) is 13.0. The molecule has 0 radical (unpaired) electrons. The summed E-state index contributed by atoms with van der Waals surface area (Å²) in [7, 11) is 2.24. The smallest absolute Gasteiger partial charge is 0.335 e. The van der Waals surface area contributed by atoms with Gasteiger partial charge in [-0.25, -0.2) is 4.79 Å². The number of aromatic carboxylic acids is 1. The van der Waals surface area contributed by atoms with Crippen molar-refractivity contribution in [1.29, 1.82) is 0 Å². The van der Waals surface area contributed by atoms with E-state index < -0.39 is 17.3 Å². The molecule has 20 heavy (non-hydrogen) atoms. The first-order chi connectivity index (χ1) is 8.96. The molecule has 0 aliphatic rings. The summed E-state index contributed by atoms with van der Waals surface area (Å²) in [6, 6.07) is 3.81. The Morgan fingerprint density at radius 3 is 2.05 bits per heavy atom. The highest BCUT2D eigenvalue weighted by molar-refractivity contribution is 5.90. The Kier molecular flexibility index (Phi) is 6.52. The fourth-order valence-corrected chi connectivity index (χ4v) is 1.55. The van der Waals surface area contributed by atoms with Crippen LogP contribution in [0.1, 0.15) is 45.0 Å². The van der Waals surface area contributed by atoms with Crippen molar-refractivity contribution in [3.63, 3.8) is 0 Å². The second-order valence-corrected chi connectivity index (χ2v) is 6.07. The first-order valence-electron chi connectivity index (χ1n) is 6.54. The lowest BCUT2D eigenvalue weighted by atomic mass is 10.1. The van der Waals surface area contributed by atoms with Crippen LogP contribution in [0.5, 0.6) is 11.5 Å². The van der Waals surface area contributed by atoms with Gasteiger partial charge in [-0.05, 0) is 46.8 Å². The van der Waals surface area contributed by atoms with E-state index in [0.29, 0.717) is 5.54 Å². The van der Waals surface area contributed by atoms with Crippen molar-refractivity contribution in [2.75, 3.05) is 7.05 Å². The largest absolute Gasteiger partial charge is 0.872 e. The fourth-order valence-electron chi connectivity index (χ4n) is 1.55. The third-order valence-corrected chi connectivity index (χ3v) is 3.24. The van der Waals surface area contributed by atoms with E-state index in [2.05, 4.69) is 41.7 Å². The maximum Gasteiger partial charge on any atom is 0.335 e. The lowest BCUT2D eigenvalue weighted by molar-refractivity contribution is -0.948. The molecular weight excluding hydrogens is 258 g/mol. The Hall–Kier alpha value is -1.75. The maximum atomic E-state index is 10.7. The minimum Gasteiger partial charge on any atom is -0.872 e. The number of carboxylic acids is 1. The molecule has 0 aliphatic heterocycles. The van der Waals surface area contributed by atoms with Gasteiger partial charge in [-0.1, -0.05) is 11.8 Å². The topological polar surface area (TPSA) is 85.0 Å². The van der Waals surface area contributed by atoms with Gasteiger partial charge in [-0.3, -0.25) is 0 Å². The molecule has 0 fully saturated rings. The van der Waals surface area contributed by atoms with E-state index in [1.807, 2.05) is 0 Å². The number of carbonyl (C=O) groups is 1. The molecular formula is C15H25NO4. The van der Waals surface area contributed by atoms with Crippen molar-refractivity contribution >= 4 is 5.97 Å². The average Bonchev–Trinajstić information content (AvgIpc) is 2.30. The summed E-state index contributed by atoms with van der Waals surface area (Å²) in [6.45, 7) is 11.3. The Labute approximate surface area is 120 Å². The fraction of sp³-hybridized carbons (Fsp3) is 0.533. The molecule has 0 amide bonds. The molecule has 114 valence electrons. The first-order valence-corrected chi connectivity index (χ1v) is 6.54. The number of hydrogen-bond donors (Lipinski definition) is 3. The SMILES string of the molecule is CC(C)[NH+](C)C(C)(C)C.O=C(O)c1cc(O)ccc1[O-]. The van der Waals surface area contributed by atoms with Crippen molar-refractivity contribution in [3.05, 3.63) is 23.8 Å². The van der Waals surface area contributed by atoms with Gasteiger partial charge in [-0.15, -0.1) is 0 Å². The number of aromatic hydroxyl groups is 1. The number of hydrogen-bond acceptors (Lipinski definition) is 3. The number of nitrogens with one attached hydrogen (secondary N) is 1. The van der Waals surface area contributed by atoms with E-state index in [1.54, 1.807) is 4.90 Å². The van der Waals surface area contributed by atoms with Crippen LogP contribution in [-0.2, 0) is 0 Å². The van der Waals surface area contributed by atoms with Crippen LogP contribution in [0.25, 0.3) is 0 Å². The maximum absolute atomic E-state index is 10.7. The lowest BCUT2D eigenvalue weighted by Crippen LogP contribution is -3.19. The number of carboxylic acid groups (broad SMARTS) is 1. The van der Waals surface area contributed by atoms with Crippen LogP contribution in [0.15, 0.2) is 18.2 Å². The Balaban J connectivity index is 0.000000370. The summed E-state index contributed by atoms with van der Waals surface area (Å²) >= 11 is 0. The molecule has 0 heterocycles. The van der Waals surface area contributed by atoms with E-state index in [-0.39, 0.29) is 5.75 Å². The Morgan fingerprint density at radius 2 is 1.80 bits per heavy atom. The van der Waals surface area contributed by atoms with E-state index in [1.165, 1.54) is 0 Å². The molecule has 1 atom stereocenters. The van der Waals surface area contributed by atoms with Crippen LogP contribution >= 0.6 is 0 Å². The molecule has 1 unspecified atom stereocenters. The van der Waals surface area contributed by atoms with Crippen molar-refractivity contribution in [3.8, 4) is 11.5 Å². The summed E-state index contributed by atoms with van der Waals surface area (Å²) in [5.74, 6) is -2.15. The quantitative estimate of drug-likeness (QED) is 0.752. The average molecular weight is 283 g/mol. The van der Waals surface area contributed by atoms with Crippen molar-refractivity contribution < 1.29 is 25.0 Å². The second kappa shape index (κ2) is 7.14. The summed E-state index contributed by atoms with van der Waals surface area (Å²) in [5, 5.41) is 27.9. The highest BCUT2D eigenvalue weighted by atomic mass is 16.4. The van der Waals surface area contributed by atoms with Crippen LogP contribution in [0.2, 0.25) is 0 Å². The van der Waals surface area contributed by atoms with Gasteiger partial charge in [0.15, 0.2) is 0 Å². The molecule has 1 rings (SSSR count). The molecule has 0 bridgehead atoms. The summed E-state index contributed by atoms with van der Waals surface area (Å²) in [4.78, 5) is 11.8. The minimum absolute atomic E-state index is 0.220. The predicted molar refractivity (Wildman–Crippen MR) is 76.3 cm³/mol. The van der Waals surface area contributed by atoms with Crippen LogP contribution in [0.3, 0.4) is 0 Å². The highest BCUT2D eigenvalue weighted by Gasteiger charge is 2.22. The van der Waals surface area contributed by atoms with Crippen LogP contribution in [0, 0.1) is 0 Å². The van der Waals surface area contributed by atoms with Gasteiger partial charge in [-0.2, -0.15) is 0 Å². The zero-order valence-electron chi connectivity index (χ0n) is 13.0. The number of benzene rings is 1. The highest BCUT2D eigenvalue weighted by Crippen LogP contribution is 2.19. The van der Waals surface area contributed by atoms with E-state index in [0.717, 1.165) is 24.2 Å². The molecule has 1 aromatic rings. The first kappa shape index (κ1) is 18.2. The van der Waals surface area contributed by atoms with Crippen LogP contribution in [-0.4, -0.2) is 34.8 Å². The van der Waals surface area contributed by atoms with Crippen LogP contribution in [0.4, 0.5) is 0 Å². The predicted octanol–water partition coefficient (Wildman–Crippen LogP) is 0.872. The van der Waals surface area contributed by atoms with E-state index >= 15 is 0 Å². The molecule has 0 saturated carbocycles.